The van der Waals surface area contributed by atoms with E-state index in [1.165, 1.54) is 64.2 Å². The molecule has 0 saturated carbocycles. The number of nitrogens with two attached hydrogens (primary N) is 1. The lowest BCUT2D eigenvalue weighted by atomic mass is 10.0. The van der Waals surface area contributed by atoms with Crippen LogP contribution in [0.3, 0.4) is 0 Å². The summed E-state index contributed by atoms with van der Waals surface area (Å²) >= 11 is 0. The van der Waals surface area contributed by atoms with Gasteiger partial charge in [0.1, 0.15) is 0 Å². The Morgan fingerprint density at radius 3 is 1.58 bits per heavy atom. The number of hydrazine groups is 1. The molecule has 0 aliphatic carbocycles. The molecule has 0 saturated heterocycles. The van der Waals surface area contributed by atoms with Crippen molar-refractivity contribution in [3.63, 3.8) is 0 Å². The summed E-state index contributed by atoms with van der Waals surface area (Å²) in [4.78, 5) is 0. The molecular weight excluding hydrogens is 232 g/mol. The minimum Gasteiger partial charge on any atom is -0.268 e. The van der Waals surface area contributed by atoms with Gasteiger partial charge in [0, 0.05) is 12.1 Å². The maximum Gasteiger partial charge on any atom is 0.0293 e. The van der Waals surface area contributed by atoms with E-state index in [4.69, 9.17) is 5.84 Å². The maximum atomic E-state index is 6.10. The number of rotatable bonds is 13. The summed E-state index contributed by atoms with van der Waals surface area (Å²) in [5.41, 5.74) is 0.152. The van der Waals surface area contributed by atoms with Crippen LogP contribution in [0, 0.1) is 0 Å². The Hall–Kier alpha value is -0.0800. The number of hydrogen-bond acceptors (Lipinski definition) is 2. The molecule has 0 aromatic carbocycles. The number of unbranched alkanes of at least 4 members (excludes halogenated alkanes) is 9. The molecule has 19 heavy (non-hydrogen) atoms. The first-order valence-electron chi connectivity index (χ1n) is 8.57. The Balaban J connectivity index is 3.27. The third kappa shape index (κ3) is 10.4. The Kier molecular flexibility index (Phi) is 11.7. The van der Waals surface area contributed by atoms with Crippen LogP contribution in [0.4, 0.5) is 0 Å². The van der Waals surface area contributed by atoms with E-state index in [1.807, 2.05) is 5.01 Å². The average molecular weight is 271 g/mol. The maximum absolute atomic E-state index is 6.10. The highest BCUT2D eigenvalue weighted by molar-refractivity contribution is 4.75. The zero-order chi connectivity index (χ0) is 14.6. The summed E-state index contributed by atoms with van der Waals surface area (Å²) < 4.78 is 0. The van der Waals surface area contributed by atoms with E-state index in [0.29, 0.717) is 0 Å². The van der Waals surface area contributed by atoms with Crippen molar-refractivity contribution >= 4 is 0 Å². The third-order valence-corrected chi connectivity index (χ3v) is 4.40. The van der Waals surface area contributed by atoms with Crippen LogP contribution in [0.2, 0.25) is 0 Å². The van der Waals surface area contributed by atoms with E-state index in [-0.39, 0.29) is 5.54 Å². The third-order valence-electron chi connectivity index (χ3n) is 4.40. The number of nitrogens with zero attached hydrogens (tertiary/aromatic N) is 1. The fourth-order valence-corrected chi connectivity index (χ4v) is 2.28. The first kappa shape index (κ1) is 18.9. The van der Waals surface area contributed by atoms with Gasteiger partial charge >= 0.3 is 0 Å². The summed E-state index contributed by atoms with van der Waals surface area (Å²) in [6, 6.07) is 0. The van der Waals surface area contributed by atoms with Gasteiger partial charge in [0.25, 0.3) is 0 Å². The highest BCUT2D eigenvalue weighted by Crippen LogP contribution is 2.16. The molecule has 0 aliphatic heterocycles. The molecule has 0 aromatic rings. The summed E-state index contributed by atoms with van der Waals surface area (Å²) in [6.45, 7) is 9.98. The molecule has 2 nitrogen and oxygen atoms in total. The van der Waals surface area contributed by atoms with Crippen LogP contribution in [-0.2, 0) is 0 Å². The lowest BCUT2D eigenvalue weighted by molar-refractivity contribution is 0.114. The lowest BCUT2D eigenvalue weighted by Gasteiger charge is -2.34. The van der Waals surface area contributed by atoms with Crippen molar-refractivity contribution in [1.29, 1.82) is 0 Å². The van der Waals surface area contributed by atoms with E-state index < -0.39 is 0 Å². The van der Waals surface area contributed by atoms with Crippen molar-refractivity contribution in [3.8, 4) is 0 Å². The smallest absolute Gasteiger partial charge is 0.0293 e. The van der Waals surface area contributed by atoms with Gasteiger partial charge in [-0.3, -0.25) is 5.84 Å². The Morgan fingerprint density at radius 1 is 0.737 bits per heavy atom. The van der Waals surface area contributed by atoms with Crippen LogP contribution >= 0.6 is 0 Å². The van der Waals surface area contributed by atoms with E-state index in [0.717, 1.165) is 13.0 Å². The molecule has 0 fully saturated rings. The first-order valence-corrected chi connectivity index (χ1v) is 8.57. The van der Waals surface area contributed by atoms with Gasteiger partial charge in [-0.15, -0.1) is 0 Å². The van der Waals surface area contributed by atoms with Crippen molar-refractivity contribution in [2.45, 2.75) is 104 Å². The van der Waals surface area contributed by atoms with Gasteiger partial charge in [-0.1, -0.05) is 71.6 Å². The molecular formula is C17H38N2. The predicted octanol–water partition coefficient (Wildman–Crippen LogP) is 5.27. The molecule has 0 bridgehead atoms. The van der Waals surface area contributed by atoms with Crippen LogP contribution in [0.5, 0.6) is 0 Å². The van der Waals surface area contributed by atoms with Gasteiger partial charge in [-0.05, 0) is 26.7 Å². The second-order valence-electron chi connectivity index (χ2n) is 6.54. The predicted molar refractivity (Wildman–Crippen MR) is 87.1 cm³/mol. The summed E-state index contributed by atoms with van der Waals surface area (Å²) in [5.74, 6) is 6.10. The van der Waals surface area contributed by atoms with Crippen LogP contribution < -0.4 is 5.84 Å². The molecule has 0 unspecified atom stereocenters. The Bertz CT molecular complexity index is 190. The van der Waals surface area contributed by atoms with E-state index >= 15 is 0 Å². The van der Waals surface area contributed by atoms with Gasteiger partial charge < -0.3 is 0 Å². The molecule has 2 heteroatoms. The van der Waals surface area contributed by atoms with Crippen LogP contribution in [0.15, 0.2) is 0 Å². The van der Waals surface area contributed by atoms with Gasteiger partial charge in [-0.25, -0.2) is 5.01 Å². The highest BCUT2D eigenvalue weighted by Gasteiger charge is 2.20. The molecule has 0 rings (SSSR count). The standard InChI is InChI=1S/C17H38N2/c1-5-7-8-9-10-11-12-13-14-15-16-19(18)17(3,4)6-2/h5-16,18H2,1-4H3. The molecule has 0 amide bonds. The molecule has 0 aliphatic rings. The first-order chi connectivity index (χ1) is 9.04. The molecule has 0 spiro atoms. The van der Waals surface area contributed by atoms with Crippen molar-refractivity contribution in [2.24, 2.45) is 5.84 Å². The molecule has 0 aromatic heterocycles. The van der Waals surface area contributed by atoms with Crippen LogP contribution in [-0.4, -0.2) is 17.1 Å². The fraction of sp³-hybridized carbons (Fsp3) is 1.00. The average Bonchev–Trinajstić information content (AvgIpc) is 2.40. The van der Waals surface area contributed by atoms with Crippen molar-refractivity contribution < 1.29 is 0 Å². The highest BCUT2D eigenvalue weighted by atomic mass is 15.4. The monoisotopic (exact) mass is 270 g/mol. The van der Waals surface area contributed by atoms with Gasteiger partial charge in [0.2, 0.25) is 0 Å². The second kappa shape index (κ2) is 11.7. The van der Waals surface area contributed by atoms with E-state index in [1.54, 1.807) is 0 Å². The zero-order valence-electron chi connectivity index (χ0n) is 14.0. The van der Waals surface area contributed by atoms with Gasteiger partial charge in [0.05, 0.1) is 0 Å². The topological polar surface area (TPSA) is 29.3 Å². The van der Waals surface area contributed by atoms with Crippen molar-refractivity contribution in [3.05, 3.63) is 0 Å². The van der Waals surface area contributed by atoms with Crippen molar-refractivity contribution in [2.75, 3.05) is 6.54 Å². The second-order valence-corrected chi connectivity index (χ2v) is 6.54. The van der Waals surface area contributed by atoms with Crippen LogP contribution in [0.1, 0.15) is 98.3 Å². The molecule has 0 atom stereocenters. The SMILES string of the molecule is CCCCCCCCCCCCN(N)C(C)(C)CC. The Labute approximate surface area is 122 Å². The summed E-state index contributed by atoms with van der Waals surface area (Å²) in [5, 5.41) is 2.03. The minimum absolute atomic E-state index is 0.152. The lowest BCUT2D eigenvalue weighted by Crippen LogP contribution is -2.48. The quantitative estimate of drug-likeness (QED) is 0.280. The Morgan fingerprint density at radius 2 is 1.16 bits per heavy atom. The largest absolute Gasteiger partial charge is 0.268 e. The summed E-state index contributed by atoms with van der Waals surface area (Å²) in [7, 11) is 0. The van der Waals surface area contributed by atoms with Crippen molar-refractivity contribution in [1.82, 2.24) is 5.01 Å². The number of hydrogen-bond donors (Lipinski definition) is 1. The summed E-state index contributed by atoms with van der Waals surface area (Å²) in [6.07, 6.45) is 15.0. The molecule has 0 heterocycles. The molecule has 0 radical (unpaired) electrons. The fourth-order valence-electron chi connectivity index (χ4n) is 2.28. The molecule has 116 valence electrons. The normalized spacial score (nSPS) is 12.3. The van der Waals surface area contributed by atoms with E-state index in [9.17, 15) is 0 Å². The molecule has 2 N–H and O–H groups in total. The van der Waals surface area contributed by atoms with E-state index in [2.05, 4.69) is 27.7 Å². The van der Waals surface area contributed by atoms with Crippen LogP contribution in [0.25, 0.3) is 0 Å². The zero-order valence-corrected chi connectivity index (χ0v) is 14.0. The van der Waals surface area contributed by atoms with Gasteiger partial charge in [0.15, 0.2) is 0 Å². The van der Waals surface area contributed by atoms with Gasteiger partial charge in [-0.2, -0.15) is 0 Å². The minimum atomic E-state index is 0.152.